The summed E-state index contributed by atoms with van der Waals surface area (Å²) in [6.45, 7) is 1.64. The van der Waals surface area contributed by atoms with E-state index in [4.69, 9.17) is 15.2 Å². The number of ether oxygens (including phenoxy) is 2. The number of anilines is 2. The number of aromatic nitrogens is 2. The van der Waals surface area contributed by atoms with E-state index in [0.717, 1.165) is 0 Å². The lowest BCUT2D eigenvalue weighted by Crippen LogP contribution is -2.41. The largest absolute Gasteiger partial charge is 0.494 e. The van der Waals surface area contributed by atoms with Gasteiger partial charge in [-0.3, -0.25) is 4.79 Å². The smallest absolute Gasteiger partial charge is 0.429 e. The number of benzene rings is 2. The molecule has 0 amide bonds. The Morgan fingerprint density at radius 2 is 1.88 bits per heavy atom. The summed E-state index contributed by atoms with van der Waals surface area (Å²) in [6.07, 6.45) is -5.26. The van der Waals surface area contributed by atoms with Crippen LogP contribution in [0.15, 0.2) is 48.5 Å². The lowest BCUT2D eigenvalue weighted by atomic mass is 9.76. The molecular weight excluding hydrogens is 546 g/mol. The summed E-state index contributed by atoms with van der Waals surface area (Å²) in [5.74, 6) is -1.73. The number of hydrogen-bond acceptors (Lipinski definition) is 8. The molecule has 2 aromatic carbocycles. The van der Waals surface area contributed by atoms with E-state index in [0.29, 0.717) is 50.3 Å². The van der Waals surface area contributed by atoms with Crippen LogP contribution in [0.4, 0.5) is 29.3 Å². The zero-order chi connectivity index (χ0) is 29.4. The predicted octanol–water partition coefficient (Wildman–Crippen LogP) is 4.59. The highest BCUT2D eigenvalue weighted by atomic mass is 19.4. The standard InChI is InChI=1S/C28H29F4N5O4/c1-40-20-4-2-3-18(23(20)29)16-5-7-17(8-6-16)24(28(30,31)32)41-22-13-21(35-26(33)36-22)37-11-9-27(10-12-37)14-19(25(38)39)34-15-27/h2-8,13,19,24,34H,9-12,14-15H2,1H3,(H,38,39)(H2,33,35,36)/t19-,24?/m0/s1. The highest BCUT2D eigenvalue weighted by Crippen LogP contribution is 2.42. The molecule has 2 fully saturated rings. The van der Waals surface area contributed by atoms with Gasteiger partial charge >= 0.3 is 12.1 Å². The molecule has 13 heteroatoms. The Balaban J connectivity index is 1.33. The molecule has 0 saturated carbocycles. The summed E-state index contributed by atoms with van der Waals surface area (Å²) in [5.41, 5.74) is 6.04. The van der Waals surface area contributed by atoms with E-state index in [1.165, 1.54) is 49.6 Å². The molecule has 9 nitrogen and oxygen atoms in total. The van der Waals surface area contributed by atoms with E-state index in [-0.39, 0.29) is 34.1 Å². The molecule has 1 unspecified atom stereocenters. The van der Waals surface area contributed by atoms with Crippen molar-refractivity contribution in [3.8, 4) is 22.8 Å². The topological polar surface area (TPSA) is 123 Å². The number of aliphatic carboxylic acids is 1. The highest BCUT2D eigenvalue weighted by Gasteiger charge is 2.45. The summed E-state index contributed by atoms with van der Waals surface area (Å²) >= 11 is 0. The van der Waals surface area contributed by atoms with Gasteiger partial charge in [-0.15, -0.1) is 0 Å². The lowest BCUT2D eigenvalue weighted by molar-refractivity contribution is -0.198. The molecule has 5 rings (SSSR count). The number of hydrogen-bond donors (Lipinski definition) is 3. The molecule has 1 spiro atoms. The quantitative estimate of drug-likeness (QED) is 0.347. The number of halogens is 4. The van der Waals surface area contributed by atoms with Gasteiger partial charge in [0.1, 0.15) is 11.9 Å². The molecule has 3 heterocycles. The molecule has 41 heavy (non-hydrogen) atoms. The summed E-state index contributed by atoms with van der Waals surface area (Å²) < 4.78 is 67.5. The molecular formula is C28H29F4N5O4. The zero-order valence-corrected chi connectivity index (χ0v) is 22.1. The van der Waals surface area contributed by atoms with Gasteiger partial charge in [-0.1, -0.05) is 36.4 Å². The Bertz CT molecular complexity index is 1410. The monoisotopic (exact) mass is 575 g/mol. The van der Waals surface area contributed by atoms with Crippen LogP contribution in [0.3, 0.4) is 0 Å². The van der Waals surface area contributed by atoms with Crippen molar-refractivity contribution in [1.29, 1.82) is 0 Å². The first-order valence-corrected chi connectivity index (χ1v) is 13.0. The van der Waals surface area contributed by atoms with E-state index in [1.807, 2.05) is 4.90 Å². The van der Waals surface area contributed by atoms with Crippen LogP contribution in [-0.2, 0) is 4.79 Å². The maximum atomic E-state index is 14.7. The number of methoxy groups -OCH3 is 1. The van der Waals surface area contributed by atoms with Crippen LogP contribution in [0.1, 0.15) is 30.9 Å². The number of carboxylic acid groups (broad SMARTS) is 1. The maximum absolute atomic E-state index is 14.7. The number of rotatable bonds is 7. The van der Waals surface area contributed by atoms with E-state index in [9.17, 15) is 27.5 Å². The SMILES string of the molecule is COc1cccc(-c2ccc(C(Oc3cc(N4CCC5(CC4)CN[C@H](C(=O)O)C5)nc(N)n3)C(F)(F)F)cc2)c1F. The van der Waals surface area contributed by atoms with Crippen molar-refractivity contribution < 1.29 is 36.9 Å². The second kappa shape index (κ2) is 11.0. The Morgan fingerprint density at radius 3 is 2.49 bits per heavy atom. The first-order valence-electron chi connectivity index (χ1n) is 13.0. The third-order valence-electron chi connectivity index (χ3n) is 7.76. The average Bonchev–Trinajstić information content (AvgIpc) is 3.35. The third kappa shape index (κ3) is 5.99. The maximum Gasteiger partial charge on any atom is 0.429 e. The first kappa shape index (κ1) is 28.4. The van der Waals surface area contributed by atoms with Crippen molar-refractivity contribution in [3.63, 3.8) is 0 Å². The van der Waals surface area contributed by atoms with Gasteiger partial charge in [-0.25, -0.2) is 4.39 Å². The van der Waals surface area contributed by atoms with Gasteiger partial charge in [-0.05, 0) is 36.3 Å². The fraction of sp³-hybridized carbons (Fsp3) is 0.393. The van der Waals surface area contributed by atoms with Gasteiger partial charge in [0.05, 0.1) is 7.11 Å². The van der Waals surface area contributed by atoms with Crippen LogP contribution in [0.25, 0.3) is 11.1 Å². The van der Waals surface area contributed by atoms with Crippen molar-refractivity contribution in [2.45, 2.75) is 37.6 Å². The van der Waals surface area contributed by atoms with Crippen molar-refractivity contribution in [2.24, 2.45) is 5.41 Å². The number of nitrogens with one attached hydrogen (secondary N) is 1. The van der Waals surface area contributed by atoms with Gasteiger partial charge in [0.15, 0.2) is 11.6 Å². The van der Waals surface area contributed by atoms with Crippen molar-refractivity contribution >= 4 is 17.7 Å². The Hall–Kier alpha value is -4.13. The summed E-state index contributed by atoms with van der Waals surface area (Å²) in [6, 6.07) is 10.5. The number of nitrogen functional groups attached to an aromatic ring is 1. The van der Waals surface area contributed by atoms with E-state index in [2.05, 4.69) is 15.3 Å². The third-order valence-corrected chi connectivity index (χ3v) is 7.76. The number of alkyl halides is 3. The molecule has 0 radical (unpaired) electrons. The number of carbonyl (C=O) groups is 1. The van der Waals surface area contributed by atoms with E-state index >= 15 is 0 Å². The van der Waals surface area contributed by atoms with Crippen molar-refractivity contribution in [2.75, 3.05) is 37.4 Å². The van der Waals surface area contributed by atoms with Crippen LogP contribution >= 0.6 is 0 Å². The molecule has 4 N–H and O–H groups in total. The first-order chi connectivity index (χ1) is 19.5. The Kier molecular flexibility index (Phi) is 7.64. The van der Waals surface area contributed by atoms with Gasteiger partial charge in [-0.2, -0.15) is 23.1 Å². The van der Waals surface area contributed by atoms with Crippen molar-refractivity contribution in [1.82, 2.24) is 15.3 Å². The Morgan fingerprint density at radius 1 is 1.17 bits per heavy atom. The lowest BCUT2D eigenvalue weighted by Gasteiger charge is -2.39. The van der Waals surface area contributed by atoms with E-state index in [1.54, 1.807) is 6.07 Å². The summed E-state index contributed by atoms with van der Waals surface area (Å²) in [5, 5.41) is 12.4. The average molecular weight is 576 g/mol. The van der Waals surface area contributed by atoms with Crippen molar-refractivity contribution in [3.05, 3.63) is 59.9 Å². The minimum Gasteiger partial charge on any atom is -0.494 e. The van der Waals surface area contributed by atoms with Crippen LogP contribution in [-0.4, -0.2) is 60.0 Å². The van der Waals surface area contributed by atoms with Crippen LogP contribution in [0, 0.1) is 11.2 Å². The van der Waals surface area contributed by atoms with Gasteiger partial charge < -0.3 is 30.5 Å². The second-order valence-electron chi connectivity index (χ2n) is 10.4. The summed E-state index contributed by atoms with van der Waals surface area (Å²) in [4.78, 5) is 21.3. The molecule has 2 saturated heterocycles. The normalized spacial score (nSPS) is 19.2. The second-order valence-corrected chi connectivity index (χ2v) is 10.4. The number of nitrogens with two attached hydrogens (primary N) is 1. The molecule has 2 atom stereocenters. The van der Waals surface area contributed by atoms with Gasteiger partial charge in [0.2, 0.25) is 17.9 Å². The number of nitrogens with zero attached hydrogens (tertiary/aromatic N) is 3. The van der Waals surface area contributed by atoms with Crippen LogP contribution in [0.2, 0.25) is 0 Å². The summed E-state index contributed by atoms with van der Waals surface area (Å²) in [7, 11) is 1.33. The minimum atomic E-state index is -4.80. The molecule has 1 aromatic heterocycles. The number of piperidine rings is 1. The predicted molar refractivity (Wildman–Crippen MR) is 142 cm³/mol. The molecule has 2 aliphatic rings. The number of carboxylic acids is 1. The molecule has 218 valence electrons. The highest BCUT2D eigenvalue weighted by molar-refractivity contribution is 5.74. The van der Waals surface area contributed by atoms with Crippen LogP contribution in [0.5, 0.6) is 11.6 Å². The molecule has 0 aliphatic carbocycles. The fourth-order valence-corrected chi connectivity index (χ4v) is 5.51. The fourth-order valence-electron chi connectivity index (χ4n) is 5.51. The molecule has 0 bridgehead atoms. The van der Waals surface area contributed by atoms with Gasteiger partial charge in [0, 0.05) is 36.8 Å². The molecule has 3 aromatic rings. The minimum absolute atomic E-state index is 0.0217. The van der Waals surface area contributed by atoms with Crippen LogP contribution < -0.4 is 25.4 Å². The van der Waals surface area contributed by atoms with E-state index < -0.39 is 30.1 Å². The molecule has 2 aliphatic heterocycles. The zero-order valence-electron chi connectivity index (χ0n) is 22.1. The van der Waals surface area contributed by atoms with Gasteiger partial charge in [0.25, 0.3) is 0 Å². The Labute approximate surface area is 233 Å².